The molecule has 1 atom stereocenters. The van der Waals surface area contributed by atoms with E-state index in [-0.39, 0.29) is 12.7 Å². The summed E-state index contributed by atoms with van der Waals surface area (Å²) in [4.78, 5) is 11.7. The molecule has 0 spiro atoms. The monoisotopic (exact) mass is 279 g/mol. The number of aliphatic hydroxyl groups excluding tert-OH is 1. The average molecular weight is 279 g/mol. The zero-order chi connectivity index (χ0) is 14.8. The van der Waals surface area contributed by atoms with Crippen LogP contribution in [0.25, 0.3) is 0 Å². The van der Waals surface area contributed by atoms with Gasteiger partial charge in [-0.1, -0.05) is 26.8 Å². The summed E-state index contributed by atoms with van der Waals surface area (Å²) in [5.41, 5.74) is 0.350. The molecule has 110 valence electrons. The van der Waals surface area contributed by atoms with E-state index < -0.39 is 11.5 Å². The minimum atomic E-state index is -0.634. The van der Waals surface area contributed by atoms with Crippen LogP contribution in [0.2, 0.25) is 0 Å². The first-order valence-corrected chi connectivity index (χ1v) is 6.74. The highest BCUT2D eigenvalue weighted by Crippen LogP contribution is 2.34. The molecule has 5 heteroatoms. The first kappa shape index (κ1) is 14.7. The second-order valence-corrected chi connectivity index (χ2v) is 5.92. The van der Waals surface area contributed by atoms with E-state index in [9.17, 15) is 9.90 Å². The number of ether oxygens (including phenoxy) is 2. The molecule has 0 aliphatic carbocycles. The molecule has 1 aromatic rings. The third-order valence-corrected chi connectivity index (χ3v) is 3.17. The fraction of sp³-hybridized carbons (Fsp3) is 0.533. The highest BCUT2D eigenvalue weighted by molar-refractivity contribution is 5.81. The normalized spacial score (nSPS) is 15.0. The molecule has 0 aromatic heterocycles. The molecule has 0 fully saturated rings. The zero-order valence-electron chi connectivity index (χ0n) is 12.1. The lowest BCUT2D eigenvalue weighted by atomic mass is 9.95. The molecule has 1 heterocycles. The number of rotatable bonds is 4. The lowest BCUT2D eigenvalue weighted by Gasteiger charge is -2.18. The lowest BCUT2D eigenvalue weighted by molar-refractivity contribution is -0.128. The number of hydrogen-bond acceptors (Lipinski definition) is 4. The maximum absolute atomic E-state index is 11.7. The molecule has 2 N–H and O–H groups in total. The van der Waals surface area contributed by atoms with Gasteiger partial charge in [-0.25, -0.2) is 0 Å². The Kier molecular flexibility index (Phi) is 4.18. The highest BCUT2D eigenvalue weighted by atomic mass is 16.7. The van der Waals surface area contributed by atoms with Crippen LogP contribution in [0.4, 0.5) is 0 Å². The molecular formula is C15H21NO4. The van der Waals surface area contributed by atoms with Crippen LogP contribution < -0.4 is 14.8 Å². The summed E-state index contributed by atoms with van der Waals surface area (Å²) in [6.45, 7) is 6.23. The molecule has 2 rings (SSSR count). The highest BCUT2D eigenvalue weighted by Gasteiger charge is 2.21. The van der Waals surface area contributed by atoms with Crippen LogP contribution in [0.3, 0.4) is 0 Å². The predicted octanol–water partition coefficient (Wildman–Crippen LogP) is 2.00. The summed E-state index contributed by atoms with van der Waals surface area (Å²) >= 11 is 0. The Morgan fingerprint density at radius 1 is 1.35 bits per heavy atom. The van der Waals surface area contributed by atoms with Gasteiger partial charge in [-0.3, -0.25) is 4.79 Å². The van der Waals surface area contributed by atoms with Crippen molar-refractivity contribution in [2.45, 2.75) is 33.3 Å². The third kappa shape index (κ3) is 3.42. The van der Waals surface area contributed by atoms with Crippen LogP contribution >= 0.6 is 0 Å². The molecule has 1 aliphatic heterocycles. The Morgan fingerprint density at radius 2 is 2.05 bits per heavy atom. The number of benzene rings is 1. The van der Waals surface area contributed by atoms with Crippen molar-refractivity contribution in [3.8, 4) is 11.5 Å². The number of fused-ring (bicyclic) bond motifs is 1. The van der Waals surface area contributed by atoms with Gasteiger partial charge < -0.3 is 19.9 Å². The van der Waals surface area contributed by atoms with Crippen LogP contribution in [0.15, 0.2) is 18.2 Å². The predicted molar refractivity (Wildman–Crippen MR) is 74.6 cm³/mol. The molecule has 0 saturated heterocycles. The topological polar surface area (TPSA) is 67.8 Å². The zero-order valence-corrected chi connectivity index (χ0v) is 12.1. The third-order valence-electron chi connectivity index (χ3n) is 3.17. The summed E-state index contributed by atoms with van der Waals surface area (Å²) in [5, 5.41) is 12.9. The molecule has 1 aromatic carbocycles. The maximum atomic E-state index is 11.7. The van der Waals surface area contributed by atoms with Gasteiger partial charge in [-0.15, -0.1) is 0 Å². The molecular weight excluding hydrogens is 258 g/mol. The van der Waals surface area contributed by atoms with Gasteiger partial charge in [0.05, 0.1) is 6.10 Å². The fourth-order valence-electron chi connectivity index (χ4n) is 1.87. The van der Waals surface area contributed by atoms with Gasteiger partial charge in [-0.2, -0.15) is 0 Å². The van der Waals surface area contributed by atoms with E-state index in [1.165, 1.54) is 0 Å². The van der Waals surface area contributed by atoms with Crippen molar-refractivity contribution >= 4 is 5.91 Å². The van der Waals surface area contributed by atoms with E-state index in [4.69, 9.17) is 9.47 Å². The lowest BCUT2D eigenvalue weighted by Crippen LogP contribution is -2.35. The van der Waals surface area contributed by atoms with Crippen molar-refractivity contribution < 1.29 is 19.4 Å². The van der Waals surface area contributed by atoms with Crippen LogP contribution in [0, 0.1) is 5.41 Å². The number of amides is 1. The van der Waals surface area contributed by atoms with Crippen molar-refractivity contribution in [2.24, 2.45) is 5.41 Å². The first-order valence-electron chi connectivity index (χ1n) is 6.74. The van der Waals surface area contributed by atoms with Crippen LogP contribution in [0.5, 0.6) is 11.5 Å². The minimum absolute atomic E-state index is 0.0182. The number of nitrogens with one attached hydrogen (secondary N) is 1. The van der Waals surface area contributed by atoms with E-state index >= 15 is 0 Å². The molecule has 1 amide bonds. The average Bonchev–Trinajstić information content (AvgIpc) is 2.84. The molecule has 1 unspecified atom stereocenters. The number of carbonyl (C=O) groups is 1. The Morgan fingerprint density at radius 3 is 2.75 bits per heavy atom. The minimum Gasteiger partial charge on any atom is -0.454 e. The van der Waals surface area contributed by atoms with Crippen LogP contribution in [-0.2, 0) is 4.79 Å². The van der Waals surface area contributed by atoms with Crippen molar-refractivity contribution in [1.29, 1.82) is 0 Å². The van der Waals surface area contributed by atoms with Crippen molar-refractivity contribution in [1.82, 2.24) is 5.32 Å². The van der Waals surface area contributed by atoms with E-state index in [0.717, 1.165) is 5.56 Å². The number of carbonyl (C=O) groups excluding carboxylic acids is 1. The van der Waals surface area contributed by atoms with Gasteiger partial charge in [0.25, 0.3) is 0 Å². The number of aliphatic hydroxyl groups is 1. The van der Waals surface area contributed by atoms with Crippen LogP contribution in [-0.4, -0.2) is 24.4 Å². The molecule has 0 saturated carbocycles. The molecule has 5 nitrogen and oxygen atoms in total. The van der Waals surface area contributed by atoms with Gasteiger partial charge in [0.1, 0.15) is 0 Å². The summed E-state index contributed by atoms with van der Waals surface area (Å²) in [7, 11) is 0. The summed E-state index contributed by atoms with van der Waals surface area (Å²) < 4.78 is 10.5. The Labute approximate surface area is 118 Å². The Hall–Kier alpha value is -1.75. The second kappa shape index (κ2) is 5.71. The second-order valence-electron chi connectivity index (χ2n) is 5.92. The maximum Gasteiger partial charge on any atom is 0.231 e. The summed E-state index contributed by atoms with van der Waals surface area (Å²) in [5.74, 6) is 1.33. The van der Waals surface area contributed by atoms with Crippen molar-refractivity contribution in [2.75, 3.05) is 13.3 Å². The van der Waals surface area contributed by atoms with Crippen molar-refractivity contribution in [3.05, 3.63) is 23.8 Å². The van der Waals surface area contributed by atoms with E-state index in [0.29, 0.717) is 24.5 Å². The molecule has 0 bridgehead atoms. The molecule has 20 heavy (non-hydrogen) atoms. The Bertz CT molecular complexity index is 493. The van der Waals surface area contributed by atoms with E-state index in [1.807, 2.05) is 26.8 Å². The van der Waals surface area contributed by atoms with Crippen molar-refractivity contribution in [3.63, 3.8) is 0 Å². The number of hydrogen-bond donors (Lipinski definition) is 2. The SMILES string of the molecule is CC(C)(C)C(=O)NCCC(O)c1ccc2c(c1)OCO2. The molecule has 0 radical (unpaired) electrons. The molecule has 1 aliphatic rings. The smallest absolute Gasteiger partial charge is 0.231 e. The van der Waals surface area contributed by atoms with E-state index in [1.54, 1.807) is 12.1 Å². The first-order chi connectivity index (χ1) is 9.38. The largest absolute Gasteiger partial charge is 0.454 e. The van der Waals surface area contributed by atoms with Gasteiger partial charge in [0, 0.05) is 12.0 Å². The summed E-state index contributed by atoms with van der Waals surface area (Å²) in [6, 6.07) is 5.37. The standard InChI is InChI=1S/C15H21NO4/c1-15(2,3)14(18)16-7-6-11(17)10-4-5-12-13(8-10)20-9-19-12/h4-5,8,11,17H,6-7,9H2,1-3H3,(H,16,18). The van der Waals surface area contributed by atoms with Gasteiger partial charge in [0.15, 0.2) is 11.5 Å². The van der Waals surface area contributed by atoms with Gasteiger partial charge in [0.2, 0.25) is 12.7 Å². The Balaban J connectivity index is 1.86. The van der Waals surface area contributed by atoms with Gasteiger partial charge >= 0.3 is 0 Å². The fourth-order valence-corrected chi connectivity index (χ4v) is 1.87. The summed E-state index contributed by atoms with van der Waals surface area (Å²) in [6.07, 6.45) is -0.175. The van der Waals surface area contributed by atoms with Crippen LogP contribution in [0.1, 0.15) is 38.9 Å². The van der Waals surface area contributed by atoms with E-state index in [2.05, 4.69) is 5.32 Å². The van der Waals surface area contributed by atoms with Gasteiger partial charge in [-0.05, 0) is 24.1 Å². The quantitative estimate of drug-likeness (QED) is 0.884.